The van der Waals surface area contributed by atoms with Crippen molar-refractivity contribution in [1.29, 1.82) is 0 Å². The molecule has 6 atom stereocenters. The zero-order chi connectivity index (χ0) is 32.4. The van der Waals surface area contributed by atoms with Crippen molar-refractivity contribution in [3.05, 3.63) is 24.3 Å². The predicted molar refractivity (Wildman–Crippen MR) is 163 cm³/mol. The Bertz CT molecular complexity index is 957. The maximum absolute atomic E-state index is 13.0. The van der Waals surface area contributed by atoms with Crippen LogP contribution in [0.15, 0.2) is 24.3 Å². The molecule has 0 radical (unpaired) electrons. The number of aliphatic hydroxyl groups excluding tert-OH is 2. The van der Waals surface area contributed by atoms with Gasteiger partial charge in [0, 0.05) is 25.0 Å². The highest BCUT2D eigenvalue weighted by Crippen LogP contribution is 2.17. The third-order valence-corrected chi connectivity index (χ3v) is 6.92. The highest BCUT2D eigenvalue weighted by atomic mass is 16.4. The number of allylic oxidation sites excluding steroid dienone is 1. The standard InChI is InChI=1S/C31H52N4O7/c1-9-21(7)17-23(10-2)18-32-30(40)27(20(5)6)35-28(38)22(8)12-14-26(37)24(13-11-19(3)4)33-29(39)25(15-16-36)34-31(41)42/h1,10,17,19-22,24-27,34,36-37H,2,11-16,18H2,3-8H3,(H,32,40)(H,33,39)(H,35,38)(H,41,42)/b23-17+/t21?,22?,24-,25?,26?,27-/m0/s1. The van der Waals surface area contributed by atoms with Gasteiger partial charge in [-0.1, -0.05) is 59.3 Å². The average Bonchev–Trinajstić information content (AvgIpc) is 2.92. The van der Waals surface area contributed by atoms with Crippen LogP contribution in [0.5, 0.6) is 0 Å². The van der Waals surface area contributed by atoms with E-state index in [1.165, 1.54) is 0 Å². The van der Waals surface area contributed by atoms with Crippen LogP contribution in [-0.4, -0.2) is 76.5 Å². The lowest BCUT2D eigenvalue weighted by Gasteiger charge is -2.28. The second-order valence-corrected chi connectivity index (χ2v) is 11.5. The molecule has 11 heteroatoms. The number of aliphatic hydroxyl groups is 2. The Hall–Kier alpha value is -3.36. The van der Waals surface area contributed by atoms with Crippen LogP contribution in [0.1, 0.15) is 73.6 Å². The van der Waals surface area contributed by atoms with Crippen molar-refractivity contribution < 1.29 is 34.5 Å². The molecule has 0 rings (SSSR count). The SMILES string of the molecule is C#CC(C)/C=C(\C=C)CNC(=O)[C@@H](NC(=O)C(C)CCC(O)[C@H](CCC(C)C)NC(=O)C(CCO)NC(=O)O)C(C)C. The Morgan fingerprint density at radius 2 is 1.52 bits per heavy atom. The Morgan fingerprint density at radius 1 is 0.881 bits per heavy atom. The summed E-state index contributed by atoms with van der Waals surface area (Å²) in [5, 5.41) is 39.6. The number of carbonyl (C=O) groups is 4. The van der Waals surface area contributed by atoms with Gasteiger partial charge in [0.05, 0.1) is 12.1 Å². The number of hydrogen-bond donors (Lipinski definition) is 7. The molecular formula is C31H52N4O7. The molecule has 0 saturated carbocycles. The van der Waals surface area contributed by atoms with Crippen LogP contribution >= 0.6 is 0 Å². The fraction of sp³-hybridized carbons (Fsp3) is 0.677. The van der Waals surface area contributed by atoms with Gasteiger partial charge in [-0.2, -0.15) is 0 Å². The summed E-state index contributed by atoms with van der Waals surface area (Å²) in [6, 6.07) is -2.61. The molecule has 238 valence electrons. The third-order valence-electron chi connectivity index (χ3n) is 6.92. The van der Waals surface area contributed by atoms with Crippen molar-refractivity contribution in [2.75, 3.05) is 13.2 Å². The second kappa shape index (κ2) is 20.5. The minimum absolute atomic E-state index is 0.109. The quantitative estimate of drug-likeness (QED) is 0.0838. The molecule has 0 aliphatic rings. The van der Waals surface area contributed by atoms with Crippen molar-refractivity contribution in [2.45, 2.75) is 97.9 Å². The van der Waals surface area contributed by atoms with Gasteiger partial charge in [0.15, 0.2) is 0 Å². The molecule has 0 aromatic carbocycles. The number of hydrogen-bond acceptors (Lipinski definition) is 6. The van der Waals surface area contributed by atoms with E-state index in [1.54, 1.807) is 13.0 Å². The van der Waals surface area contributed by atoms with Gasteiger partial charge in [0.25, 0.3) is 0 Å². The molecule has 0 fully saturated rings. The summed E-state index contributed by atoms with van der Waals surface area (Å²) in [5.41, 5.74) is 0.769. The van der Waals surface area contributed by atoms with Crippen molar-refractivity contribution in [1.82, 2.24) is 21.3 Å². The maximum Gasteiger partial charge on any atom is 0.405 e. The molecule has 0 heterocycles. The summed E-state index contributed by atoms with van der Waals surface area (Å²) in [7, 11) is 0. The molecule has 0 saturated heterocycles. The summed E-state index contributed by atoms with van der Waals surface area (Å²) in [6.07, 6.45) is 7.99. The normalized spacial score (nSPS) is 15.9. The van der Waals surface area contributed by atoms with E-state index >= 15 is 0 Å². The molecule has 4 unspecified atom stereocenters. The van der Waals surface area contributed by atoms with Gasteiger partial charge >= 0.3 is 6.09 Å². The van der Waals surface area contributed by atoms with E-state index in [-0.39, 0.29) is 49.5 Å². The number of carbonyl (C=O) groups excluding carboxylic acids is 3. The molecule has 0 aromatic heterocycles. The third kappa shape index (κ3) is 15.6. The lowest BCUT2D eigenvalue weighted by Crippen LogP contribution is -2.53. The smallest absolute Gasteiger partial charge is 0.405 e. The number of terminal acetylenes is 1. The molecule has 42 heavy (non-hydrogen) atoms. The maximum atomic E-state index is 13.0. The average molecular weight is 593 g/mol. The lowest BCUT2D eigenvalue weighted by atomic mass is 9.93. The topological polar surface area (TPSA) is 177 Å². The van der Waals surface area contributed by atoms with Crippen LogP contribution < -0.4 is 21.3 Å². The molecule has 0 spiro atoms. The van der Waals surface area contributed by atoms with E-state index in [2.05, 4.69) is 33.8 Å². The van der Waals surface area contributed by atoms with Crippen LogP contribution in [0.25, 0.3) is 0 Å². The Balaban J connectivity index is 5.30. The first-order valence-electron chi connectivity index (χ1n) is 14.6. The number of rotatable bonds is 20. The van der Waals surface area contributed by atoms with Crippen LogP contribution in [0.2, 0.25) is 0 Å². The highest BCUT2D eigenvalue weighted by Gasteiger charge is 2.29. The molecule has 0 aliphatic heterocycles. The Kier molecular flexibility index (Phi) is 18.9. The largest absolute Gasteiger partial charge is 0.465 e. The summed E-state index contributed by atoms with van der Waals surface area (Å²) in [4.78, 5) is 49.7. The Morgan fingerprint density at radius 3 is 2.02 bits per heavy atom. The molecule has 7 N–H and O–H groups in total. The number of nitrogens with one attached hydrogen (secondary N) is 4. The van der Waals surface area contributed by atoms with E-state index in [0.717, 1.165) is 5.57 Å². The summed E-state index contributed by atoms with van der Waals surface area (Å²) >= 11 is 0. The number of amides is 4. The first-order valence-corrected chi connectivity index (χ1v) is 14.6. The van der Waals surface area contributed by atoms with Crippen LogP contribution in [0.4, 0.5) is 4.79 Å². The van der Waals surface area contributed by atoms with E-state index < -0.39 is 48.8 Å². The van der Waals surface area contributed by atoms with Gasteiger partial charge in [0.2, 0.25) is 17.7 Å². The highest BCUT2D eigenvalue weighted by molar-refractivity contribution is 5.88. The first kappa shape index (κ1) is 38.6. The van der Waals surface area contributed by atoms with Crippen molar-refractivity contribution >= 4 is 23.8 Å². The van der Waals surface area contributed by atoms with Gasteiger partial charge in [-0.05, 0) is 56.4 Å². The molecule has 4 amide bonds. The monoisotopic (exact) mass is 592 g/mol. The van der Waals surface area contributed by atoms with E-state index in [9.17, 15) is 29.4 Å². The molecule has 11 nitrogen and oxygen atoms in total. The van der Waals surface area contributed by atoms with E-state index in [1.807, 2.05) is 40.7 Å². The van der Waals surface area contributed by atoms with Crippen molar-refractivity contribution in [3.63, 3.8) is 0 Å². The fourth-order valence-electron chi connectivity index (χ4n) is 4.15. The summed E-state index contributed by atoms with van der Waals surface area (Å²) < 4.78 is 0. The van der Waals surface area contributed by atoms with Gasteiger partial charge in [-0.15, -0.1) is 6.42 Å². The molecule has 0 aliphatic carbocycles. The minimum Gasteiger partial charge on any atom is -0.465 e. The predicted octanol–water partition coefficient (Wildman–Crippen LogP) is 2.34. The molecular weight excluding hydrogens is 540 g/mol. The van der Waals surface area contributed by atoms with Gasteiger partial charge < -0.3 is 36.6 Å². The van der Waals surface area contributed by atoms with Gasteiger partial charge in [0.1, 0.15) is 12.1 Å². The molecule has 0 bridgehead atoms. The zero-order valence-corrected chi connectivity index (χ0v) is 26.0. The Labute approximate surface area is 251 Å². The van der Waals surface area contributed by atoms with Crippen LogP contribution in [-0.2, 0) is 14.4 Å². The first-order chi connectivity index (χ1) is 19.7. The lowest BCUT2D eigenvalue weighted by molar-refractivity contribution is -0.132. The van der Waals surface area contributed by atoms with Crippen molar-refractivity contribution in [3.8, 4) is 12.3 Å². The van der Waals surface area contributed by atoms with Crippen LogP contribution in [0, 0.1) is 36.0 Å². The van der Waals surface area contributed by atoms with E-state index in [4.69, 9.17) is 11.5 Å². The van der Waals surface area contributed by atoms with Crippen LogP contribution in [0.3, 0.4) is 0 Å². The van der Waals surface area contributed by atoms with Crippen molar-refractivity contribution in [2.24, 2.45) is 23.7 Å². The second-order valence-electron chi connectivity index (χ2n) is 11.5. The van der Waals surface area contributed by atoms with Gasteiger partial charge in [-0.25, -0.2) is 4.79 Å². The fourth-order valence-corrected chi connectivity index (χ4v) is 4.15. The van der Waals surface area contributed by atoms with Gasteiger partial charge in [-0.3, -0.25) is 14.4 Å². The zero-order valence-electron chi connectivity index (χ0n) is 26.0. The number of carboxylic acid groups (broad SMARTS) is 1. The minimum atomic E-state index is -1.40. The molecule has 0 aromatic rings. The summed E-state index contributed by atoms with van der Waals surface area (Å²) in [6.45, 7) is 14.8. The van der Waals surface area contributed by atoms with E-state index in [0.29, 0.717) is 18.8 Å². The summed E-state index contributed by atoms with van der Waals surface area (Å²) in [5.74, 6) is 0.735.